The lowest BCUT2D eigenvalue weighted by Gasteiger charge is -2.17. The van der Waals surface area contributed by atoms with Crippen LogP contribution < -0.4 is 5.73 Å². The number of nitrogens with two attached hydrogens (primary N) is 1. The van der Waals surface area contributed by atoms with Gasteiger partial charge < -0.3 is 10.6 Å². The Hall–Kier alpha value is -2.50. The standard InChI is InChI=1S/C13H13FN4O/c1-18(8-9-4-2-3-5-10(9)14)13(19)11-12(15)17-7-6-16-11/h2-7H,8H2,1H3,(H2,15,17). The molecule has 2 aromatic rings. The molecule has 0 saturated carbocycles. The van der Waals surface area contributed by atoms with E-state index in [0.717, 1.165) is 0 Å². The van der Waals surface area contributed by atoms with Crippen LogP contribution in [-0.2, 0) is 6.54 Å². The molecule has 0 bridgehead atoms. The maximum atomic E-state index is 13.5. The summed E-state index contributed by atoms with van der Waals surface area (Å²) in [5, 5.41) is 0. The zero-order valence-corrected chi connectivity index (χ0v) is 10.4. The molecule has 98 valence electrons. The van der Waals surface area contributed by atoms with Crippen molar-refractivity contribution < 1.29 is 9.18 Å². The molecule has 1 heterocycles. The van der Waals surface area contributed by atoms with Crippen molar-refractivity contribution in [3.05, 3.63) is 53.7 Å². The molecule has 19 heavy (non-hydrogen) atoms. The molecule has 0 unspecified atom stereocenters. The summed E-state index contributed by atoms with van der Waals surface area (Å²) in [4.78, 5) is 21.1. The highest BCUT2D eigenvalue weighted by atomic mass is 19.1. The fraction of sp³-hybridized carbons (Fsp3) is 0.154. The van der Waals surface area contributed by atoms with Gasteiger partial charge in [0.2, 0.25) is 0 Å². The third-order valence-electron chi connectivity index (χ3n) is 2.64. The molecule has 0 aliphatic heterocycles. The summed E-state index contributed by atoms with van der Waals surface area (Å²) in [5.41, 5.74) is 6.09. The second kappa shape index (κ2) is 5.43. The lowest BCUT2D eigenvalue weighted by Crippen LogP contribution is -2.28. The van der Waals surface area contributed by atoms with Gasteiger partial charge >= 0.3 is 0 Å². The van der Waals surface area contributed by atoms with E-state index < -0.39 is 5.91 Å². The Bertz CT molecular complexity index is 603. The normalized spacial score (nSPS) is 10.2. The smallest absolute Gasteiger partial charge is 0.276 e. The average molecular weight is 260 g/mol. The third-order valence-corrected chi connectivity index (χ3v) is 2.64. The summed E-state index contributed by atoms with van der Waals surface area (Å²) >= 11 is 0. The molecule has 1 amide bonds. The summed E-state index contributed by atoms with van der Waals surface area (Å²) in [5.74, 6) is -0.684. The Labute approximate surface area is 109 Å². The Kier molecular flexibility index (Phi) is 3.70. The van der Waals surface area contributed by atoms with Gasteiger partial charge in [0.25, 0.3) is 5.91 Å². The molecule has 0 saturated heterocycles. The first-order chi connectivity index (χ1) is 9.09. The van der Waals surface area contributed by atoms with E-state index in [1.54, 1.807) is 25.2 Å². The Morgan fingerprint density at radius 3 is 2.68 bits per heavy atom. The third kappa shape index (κ3) is 2.85. The lowest BCUT2D eigenvalue weighted by atomic mass is 10.2. The number of amides is 1. The number of carbonyl (C=O) groups excluding carboxylic acids is 1. The second-order valence-corrected chi connectivity index (χ2v) is 4.04. The zero-order valence-electron chi connectivity index (χ0n) is 10.4. The lowest BCUT2D eigenvalue weighted by molar-refractivity contribution is 0.0779. The minimum absolute atomic E-state index is 0.0629. The highest BCUT2D eigenvalue weighted by molar-refractivity contribution is 5.96. The van der Waals surface area contributed by atoms with E-state index in [0.29, 0.717) is 5.56 Å². The minimum atomic E-state index is -0.395. The van der Waals surface area contributed by atoms with Crippen LogP contribution in [0.3, 0.4) is 0 Å². The molecule has 2 rings (SSSR count). The predicted octanol–water partition coefficient (Wildman–Crippen LogP) is 1.47. The molecule has 0 radical (unpaired) electrons. The summed E-state index contributed by atoms with van der Waals surface area (Å²) in [6.45, 7) is 0.140. The molecule has 0 spiro atoms. The molecule has 0 atom stereocenters. The SMILES string of the molecule is CN(Cc1ccccc1F)C(=O)c1nccnc1N. The monoisotopic (exact) mass is 260 g/mol. The maximum Gasteiger partial charge on any atom is 0.276 e. The van der Waals surface area contributed by atoms with Gasteiger partial charge in [-0.05, 0) is 6.07 Å². The number of halogens is 1. The van der Waals surface area contributed by atoms with Crippen LogP contribution in [0.1, 0.15) is 16.1 Å². The van der Waals surface area contributed by atoms with Gasteiger partial charge in [0, 0.05) is 31.5 Å². The van der Waals surface area contributed by atoms with E-state index >= 15 is 0 Å². The number of aromatic nitrogens is 2. The van der Waals surface area contributed by atoms with Crippen molar-refractivity contribution >= 4 is 11.7 Å². The maximum absolute atomic E-state index is 13.5. The first kappa shape index (κ1) is 12.9. The van der Waals surface area contributed by atoms with Crippen LogP contribution in [0.5, 0.6) is 0 Å². The molecular formula is C13H13FN4O. The highest BCUT2D eigenvalue weighted by Crippen LogP contribution is 2.12. The van der Waals surface area contributed by atoms with Crippen LogP contribution in [0, 0.1) is 5.82 Å². The van der Waals surface area contributed by atoms with Crippen LogP contribution in [0.25, 0.3) is 0 Å². The molecule has 0 aliphatic carbocycles. The number of carbonyl (C=O) groups is 1. The second-order valence-electron chi connectivity index (χ2n) is 4.04. The summed E-state index contributed by atoms with van der Waals surface area (Å²) in [7, 11) is 1.56. The molecule has 0 aliphatic rings. The first-order valence-corrected chi connectivity index (χ1v) is 5.65. The molecular weight excluding hydrogens is 247 g/mol. The number of anilines is 1. The van der Waals surface area contributed by atoms with Gasteiger partial charge in [0.15, 0.2) is 11.5 Å². The van der Waals surface area contributed by atoms with Gasteiger partial charge in [-0.3, -0.25) is 4.79 Å². The largest absolute Gasteiger partial charge is 0.382 e. The molecule has 2 N–H and O–H groups in total. The van der Waals surface area contributed by atoms with Crippen molar-refractivity contribution in [1.82, 2.24) is 14.9 Å². The van der Waals surface area contributed by atoms with Crippen LogP contribution in [0.4, 0.5) is 10.2 Å². The summed E-state index contributed by atoms with van der Waals surface area (Å²) in [6, 6.07) is 6.29. The average Bonchev–Trinajstić information content (AvgIpc) is 2.41. The summed E-state index contributed by atoms with van der Waals surface area (Å²) in [6.07, 6.45) is 2.80. The van der Waals surface area contributed by atoms with Gasteiger partial charge in [-0.1, -0.05) is 18.2 Å². The van der Waals surface area contributed by atoms with Crippen LogP contribution in [0.15, 0.2) is 36.7 Å². The fourth-order valence-corrected chi connectivity index (χ4v) is 1.65. The Morgan fingerprint density at radius 2 is 2.00 bits per heavy atom. The van der Waals surface area contributed by atoms with E-state index in [1.165, 1.54) is 23.4 Å². The molecule has 0 fully saturated rings. The molecule has 5 nitrogen and oxygen atoms in total. The van der Waals surface area contributed by atoms with E-state index in [1.807, 2.05) is 0 Å². The predicted molar refractivity (Wildman–Crippen MR) is 68.6 cm³/mol. The van der Waals surface area contributed by atoms with Crippen LogP contribution in [0.2, 0.25) is 0 Å². The van der Waals surface area contributed by atoms with Gasteiger partial charge in [-0.25, -0.2) is 14.4 Å². The van der Waals surface area contributed by atoms with Gasteiger partial charge in [-0.15, -0.1) is 0 Å². The molecule has 1 aromatic heterocycles. The van der Waals surface area contributed by atoms with Crippen LogP contribution >= 0.6 is 0 Å². The fourth-order valence-electron chi connectivity index (χ4n) is 1.65. The zero-order chi connectivity index (χ0) is 13.8. The number of hydrogen-bond acceptors (Lipinski definition) is 4. The van der Waals surface area contributed by atoms with Crippen LogP contribution in [-0.4, -0.2) is 27.8 Å². The number of rotatable bonds is 3. The summed E-state index contributed by atoms with van der Waals surface area (Å²) < 4.78 is 13.5. The van der Waals surface area contributed by atoms with E-state index in [-0.39, 0.29) is 23.9 Å². The van der Waals surface area contributed by atoms with Crippen molar-refractivity contribution in [2.75, 3.05) is 12.8 Å². The van der Waals surface area contributed by atoms with E-state index in [4.69, 9.17) is 5.73 Å². The molecule has 1 aromatic carbocycles. The van der Waals surface area contributed by atoms with Crippen molar-refractivity contribution in [3.8, 4) is 0 Å². The van der Waals surface area contributed by atoms with Crippen molar-refractivity contribution in [2.24, 2.45) is 0 Å². The molecule has 6 heteroatoms. The van der Waals surface area contributed by atoms with Gasteiger partial charge in [-0.2, -0.15) is 0 Å². The highest BCUT2D eigenvalue weighted by Gasteiger charge is 2.17. The van der Waals surface area contributed by atoms with Gasteiger partial charge in [0.05, 0.1) is 0 Å². The number of nitrogen functional groups attached to an aromatic ring is 1. The van der Waals surface area contributed by atoms with E-state index in [2.05, 4.69) is 9.97 Å². The topological polar surface area (TPSA) is 72.1 Å². The Morgan fingerprint density at radius 1 is 1.32 bits per heavy atom. The first-order valence-electron chi connectivity index (χ1n) is 5.65. The van der Waals surface area contributed by atoms with Crippen molar-refractivity contribution in [3.63, 3.8) is 0 Å². The number of nitrogens with zero attached hydrogens (tertiary/aromatic N) is 3. The van der Waals surface area contributed by atoms with Crippen molar-refractivity contribution in [1.29, 1.82) is 0 Å². The number of hydrogen-bond donors (Lipinski definition) is 1. The Balaban J connectivity index is 2.17. The van der Waals surface area contributed by atoms with Crippen molar-refractivity contribution in [2.45, 2.75) is 6.54 Å². The van der Waals surface area contributed by atoms with E-state index in [9.17, 15) is 9.18 Å². The number of benzene rings is 1. The minimum Gasteiger partial charge on any atom is -0.382 e. The van der Waals surface area contributed by atoms with Gasteiger partial charge in [0.1, 0.15) is 5.82 Å². The quantitative estimate of drug-likeness (QED) is 0.907.